The van der Waals surface area contributed by atoms with Gasteiger partial charge >= 0.3 is 0 Å². The molecule has 1 saturated carbocycles. The lowest BCUT2D eigenvalue weighted by Crippen LogP contribution is -2.59. The lowest BCUT2D eigenvalue weighted by Gasteiger charge is -2.48. The second-order valence-corrected chi connectivity index (χ2v) is 6.88. The zero-order valence-corrected chi connectivity index (χ0v) is 12.4. The molecule has 0 aromatic carbocycles. The van der Waals surface area contributed by atoms with Gasteiger partial charge in [-0.25, -0.2) is 0 Å². The molecule has 110 valence electrons. The summed E-state index contributed by atoms with van der Waals surface area (Å²) >= 11 is 0. The van der Waals surface area contributed by atoms with Crippen molar-refractivity contribution in [1.29, 1.82) is 0 Å². The first kappa shape index (κ1) is 13.8. The van der Waals surface area contributed by atoms with Gasteiger partial charge in [0.25, 0.3) is 0 Å². The first-order valence-electron chi connectivity index (χ1n) is 8.56. The number of nitrogens with two attached hydrogens (primary N) is 1. The zero-order valence-electron chi connectivity index (χ0n) is 12.4. The maximum Gasteiger partial charge on any atom is 0.0247 e. The summed E-state index contributed by atoms with van der Waals surface area (Å²) in [4.78, 5) is 5.48. The van der Waals surface area contributed by atoms with Crippen molar-refractivity contribution in [2.24, 2.45) is 11.7 Å². The molecule has 0 amide bonds. The van der Waals surface area contributed by atoms with E-state index < -0.39 is 0 Å². The highest BCUT2D eigenvalue weighted by Gasteiger charge is 2.34. The van der Waals surface area contributed by atoms with Crippen molar-refractivity contribution in [3.63, 3.8) is 0 Å². The molecule has 1 aliphatic carbocycles. The fraction of sp³-hybridized carbons (Fsp3) is 1.00. The molecule has 2 unspecified atom stereocenters. The second-order valence-electron chi connectivity index (χ2n) is 6.88. The van der Waals surface area contributed by atoms with Crippen molar-refractivity contribution < 1.29 is 0 Å². The SMILES string of the molecule is NCC(C1CCCCC1)N1CCN2CCCCC2C1. The Balaban J connectivity index is 1.60. The van der Waals surface area contributed by atoms with Crippen LogP contribution in [0.15, 0.2) is 0 Å². The van der Waals surface area contributed by atoms with Crippen molar-refractivity contribution in [2.75, 3.05) is 32.7 Å². The lowest BCUT2D eigenvalue weighted by atomic mass is 9.82. The minimum Gasteiger partial charge on any atom is -0.329 e. The van der Waals surface area contributed by atoms with Crippen molar-refractivity contribution in [3.05, 3.63) is 0 Å². The minimum absolute atomic E-state index is 0.671. The first-order valence-corrected chi connectivity index (χ1v) is 8.56. The van der Waals surface area contributed by atoms with Crippen LogP contribution in [0.4, 0.5) is 0 Å². The average molecular weight is 265 g/mol. The number of piperidine rings is 1. The molecule has 0 radical (unpaired) electrons. The Labute approximate surface area is 118 Å². The van der Waals surface area contributed by atoms with E-state index in [1.54, 1.807) is 0 Å². The van der Waals surface area contributed by atoms with Gasteiger partial charge in [0.05, 0.1) is 0 Å². The third kappa shape index (κ3) is 3.14. The van der Waals surface area contributed by atoms with Crippen molar-refractivity contribution >= 4 is 0 Å². The Kier molecular flexibility index (Phi) is 4.78. The van der Waals surface area contributed by atoms with Gasteiger partial charge in [0, 0.05) is 38.3 Å². The molecule has 3 nitrogen and oxygen atoms in total. The maximum atomic E-state index is 6.15. The molecule has 2 atom stereocenters. The van der Waals surface area contributed by atoms with E-state index in [0.717, 1.165) is 18.5 Å². The Bertz CT molecular complexity index is 275. The van der Waals surface area contributed by atoms with Crippen LogP contribution in [0.25, 0.3) is 0 Å². The number of hydrogen-bond donors (Lipinski definition) is 1. The average Bonchev–Trinajstić information content (AvgIpc) is 2.49. The molecule has 3 fully saturated rings. The topological polar surface area (TPSA) is 32.5 Å². The van der Waals surface area contributed by atoms with Crippen molar-refractivity contribution in [2.45, 2.75) is 63.5 Å². The number of fused-ring (bicyclic) bond motifs is 1. The normalized spacial score (nSPS) is 33.0. The number of piperazine rings is 1. The highest BCUT2D eigenvalue weighted by atomic mass is 15.3. The molecule has 0 bridgehead atoms. The monoisotopic (exact) mass is 265 g/mol. The van der Waals surface area contributed by atoms with Gasteiger partial charge < -0.3 is 5.73 Å². The van der Waals surface area contributed by atoms with Crippen molar-refractivity contribution in [3.8, 4) is 0 Å². The molecule has 3 rings (SSSR count). The van der Waals surface area contributed by atoms with Gasteiger partial charge in [-0.3, -0.25) is 9.80 Å². The summed E-state index contributed by atoms with van der Waals surface area (Å²) in [6.07, 6.45) is 11.4. The summed E-state index contributed by atoms with van der Waals surface area (Å²) < 4.78 is 0. The van der Waals surface area contributed by atoms with Crippen molar-refractivity contribution in [1.82, 2.24) is 9.80 Å². The summed E-state index contributed by atoms with van der Waals surface area (Å²) in [6, 6.07) is 1.50. The van der Waals surface area contributed by atoms with Gasteiger partial charge in [0.2, 0.25) is 0 Å². The van der Waals surface area contributed by atoms with Crippen LogP contribution in [-0.4, -0.2) is 54.6 Å². The molecule has 0 aromatic rings. The zero-order chi connectivity index (χ0) is 13.1. The lowest BCUT2D eigenvalue weighted by molar-refractivity contribution is 0.00950. The predicted molar refractivity (Wildman–Crippen MR) is 80.2 cm³/mol. The second kappa shape index (κ2) is 6.55. The van der Waals surface area contributed by atoms with E-state index in [1.807, 2.05) is 0 Å². The Morgan fingerprint density at radius 2 is 1.68 bits per heavy atom. The van der Waals surface area contributed by atoms with Crippen LogP contribution in [0.3, 0.4) is 0 Å². The Morgan fingerprint density at radius 3 is 2.47 bits per heavy atom. The van der Waals surface area contributed by atoms with E-state index >= 15 is 0 Å². The summed E-state index contributed by atoms with van der Waals surface area (Å²) in [5.74, 6) is 0.883. The third-order valence-corrected chi connectivity index (χ3v) is 5.77. The molecule has 19 heavy (non-hydrogen) atoms. The van der Waals surface area contributed by atoms with E-state index in [-0.39, 0.29) is 0 Å². The van der Waals surface area contributed by atoms with E-state index in [9.17, 15) is 0 Å². The largest absolute Gasteiger partial charge is 0.329 e. The maximum absolute atomic E-state index is 6.15. The summed E-state index contributed by atoms with van der Waals surface area (Å²) in [7, 11) is 0. The van der Waals surface area contributed by atoms with E-state index in [4.69, 9.17) is 5.73 Å². The third-order valence-electron chi connectivity index (χ3n) is 5.77. The molecule has 0 spiro atoms. The van der Waals surface area contributed by atoms with Crippen LogP contribution in [0, 0.1) is 5.92 Å². The highest BCUT2D eigenvalue weighted by Crippen LogP contribution is 2.31. The summed E-state index contributed by atoms with van der Waals surface area (Å²) in [6.45, 7) is 6.05. The molecular formula is C16H31N3. The van der Waals surface area contributed by atoms with Gasteiger partial charge in [0.15, 0.2) is 0 Å². The van der Waals surface area contributed by atoms with E-state index in [0.29, 0.717) is 6.04 Å². The van der Waals surface area contributed by atoms with Crippen LogP contribution in [0.2, 0.25) is 0 Å². The number of hydrogen-bond acceptors (Lipinski definition) is 3. The fourth-order valence-corrected chi connectivity index (χ4v) is 4.64. The minimum atomic E-state index is 0.671. The van der Waals surface area contributed by atoms with Gasteiger partial charge in [-0.05, 0) is 38.1 Å². The van der Waals surface area contributed by atoms with Crippen LogP contribution in [-0.2, 0) is 0 Å². The number of nitrogens with zero attached hydrogens (tertiary/aromatic N) is 2. The molecule has 2 aliphatic heterocycles. The van der Waals surface area contributed by atoms with Gasteiger partial charge in [-0.15, -0.1) is 0 Å². The highest BCUT2D eigenvalue weighted by molar-refractivity contribution is 4.91. The molecule has 2 saturated heterocycles. The Morgan fingerprint density at radius 1 is 0.895 bits per heavy atom. The van der Waals surface area contributed by atoms with E-state index in [2.05, 4.69) is 9.80 Å². The summed E-state index contributed by atoms with van der Waals surface area (Å²) in [5, 5.41) is 0. The first-order chi connectivity index (χ1) is 9.38. The van der Waals surface area contributed by atoms with E-state index in [1.165, 1.54) is 77.5 Å². The smallest absolute Gasteiger partial charge is 0.0247 e. The molecule has 3 heteroatoms. The molecule has 3 aliphatic rings. The van der Waals surface area contributed by atoms with Crippen LogP contribution in [0.1, 0.15) is 51.4 Å². The molecule has 2 heterocycles. The van der Waals surface area contributed by atoms with Crippen LogP contribution in [0.5, 0.6) is 0 Å². The predicted octanol–water partition coefficient (Wildman–Crippen LogP) is 2.06. The van der Waals surface area contributed by atoms with Crippen LogP contribution < -0.4 is 5.73 Å². The summed E-state index contributed by atoms with van der Waals surface area (Å²) in [5.41, 5.74) is 6.15. The van der Waals surface area contributed by atoms with Gasteiger partial charge in [-0.1, -0.05) is 25.7 Å². The van der Waals surface area contributed by atoms with Crippen LogP contribution >= 0.6 is 0 Å². The van der Waals surface area contributed by atoms with Gasteiger partial charge in [0.1, 0.15) is 0 Å². The number of rotatable bonds is 3. The Hall–Kier alpha value is -0.120. The molecular weight excluding hydrogens is 234 g/mol. The molecule has 0 aromatic heterocycles. The van der Waals surface area contributed by atoms with Gasteiger partial charge in [-0.2, -0.15) is 0 Å². The quantitative estimate of drug-likeness (QED) is 0.848. The fourth-order valence-electron chi connectivity index (χ4n) is 4.64. The molecule has 2 N–H and O–H groups in total. The standard InChI is InChI=1S/C16H31N3/c17-12-16(14-6-2-1-3-7-14)19-11-10-18-9-5-4-8-15(18)13-19/h14-16H,1-13,17H2.